The van der Waals surface area contributed by atoms with Crippen molar-refractivity contribution in [1.29, 1.82) is 0 Å². The molecule has 0 amide bonds. The third kappa shape index (κ3) is 2.55. The zero-order valence-corrected chi connectivity index (χ0v) is 9.78. The van der Waals surface area contributed by atoms with Gasteiger partial charge in [-0.25, -0.2) is 4.79 Å². The smallest absolute Gasteiger partial charge is 0.355 e. The van der Waals surface area contributed by atoms with Crippen LogP contribution < -0.4 is 0 Å². The van der Waals surface area contributed by atoms with Gasteiger partial charge in [0.1, 0.15) is 11.8 Å². The predicted octanol–water partition coefficient (Wildman–Crippen LogP) is 1.32. The van der Waals surface area contributed by atoms with Crippen LogP contribution in [0.2, 0.25) is 0 Å². The van der Waals surface area contributed by atoms with E-state index < -0.39 is 0 Å². The van der Waals surface area contributed by atoms with Gasteiger partial charge in [-0.3, -0.25) is 0 Å². The summed E-state index contributed by atoms with van der Waals surface area (Å²) in [6.45, 7) is 5.13. The number of nitrogens with zero attached hydrogens (tertiary/aromatic N) is 1. The Morgan fingerprint density at radius 2 is 2.19 bits per heavy atom. The van der Waals surface area contributed by atoms with Crippen molar-refractivity contribution in [2.24, 2.45) is 0 Å². The zero-order valence-electron chi connectivity index (χ0n) is 9.78. The molecule has 1 saturated heterocycles. The Morgan fingerprint density at radius 3 is 2.88 bits per heavy atom. The van der Waals surface area contributed by atoms with Crippen LogP contribution in [0.15, 0.2) is 11.8 Å². The number of hydrogen-bond donors (Lipinski definition) is 0. The second-order valence-electron chi connectivity index (χ2n) is 4.24. The number of morpholine rings is 1. The first-order valence-electron chi connectivity index (χ1n) is 6.06. The van der Waals surface area contributed by atoms with E-state index >= 15 is 0 Å². The van der Waals surface area contributed by atoms with E-state index in [-0.39, 0.29) is 12.1 Å². The standard InChI is InChI=1S/C12H19NO3/c1-2-3-4-10-9-11(12(14)16-10)13-5-7-15-8-6-13/h9-10H,2-8H2,1H3. The van der Waals surface area contributed by atoms with Gasteiger partial charge in [0.15, 0.2) is 0 Å². The average Bonchev–Trinajstić information content (AvgIpc) is 2.69. The van der Waals surface area contributed by atoms with Crippen molar-refractivity contribution in [3.63, 3.8) is 0 Å². The summed E-state index contributed by atoms with van der Waals surface area (Å²) in [4.78, 5) is 13.7. The highest BCUT2D eigenvalue weighted by atomic mass is 16.5. The number of unbranched alkanes of at least 4 members (excludes halogenated alkanes) is 1. The highest BCUT2D eigenvalue weighted by Gasteiger charge is 2.29. The molecule has 1 unspecified atom stereocenters. The van der Waals surface area contributed by atoms with Crippen LogP contribution in [-0.2, 0) is 14.3 Å². The Bertz CT molecular complexity index is 282. The fourth-order valence-corrected chi connectivity index (χ4v) is 2.06. The molecule has 0 N–H and O–H groups in total. The van der Waals surface area contributed by atoms with Crippen LogP contribution in [0.3, 0.4) is 0 Å². The first-order chi connectivity index (χ1) is 7.81. The molecule has 1 atom stereocenters. The van der Waals surface area contributed by atoms with E-state index in [1.807, 2.05) is 6.08 Å². The highest BCUT2D eigenvalue weighted by molar-refractivity contribution is 5.90. The molecule has 0 aromatic carbocycles. The Labute approximate surface area is 96.2 Å². The Hall–Kier alpha value is -1.03. The molecule has 2 aliphatic rings. The van der Waals surface area contributed by atoms with Gasteiger partial charge >= 0.3 is 5.97 Å². The number of carbonyl (C=O) groups excluding carboxylic acids is 1. The summed E-state index contributed by atoms with van der Waals surface area (Å²) in [7, 11) is 0. The number of esters is 1. The van der Waals surface area contributed by atoms with Gasteiger partial charge in [0.2, 0.25) is 0 Å². The molecule has 16 heavy (non-hydrogen) atoms. The Balaban J connectivity index is 1.94. The van der Waals surface area contributed by atoms with Gasteiger partial charge in [0.05, 0.1) is 13.2 Å². The van der Waals surface area contributed by atoms with Crippen LogP contribution in [0.1, 0.15) is 26.2 Å². The van der Waals surface area contributed by atoms with Crippen LogP contribution >= 0.6 is 0 Å². The van der Waals surface area contributed by atoms with Crippen molar-refractivity contribution in [2.75, 3.05) is 26.3 Å². The fourth-order valence-electron chi connectivity index (χ4n) is 2.06. The summed E-state index contributed by atoms with van der Waals surface area (Å²) >= 11 is 0. The quantitative estimate of drug-likeness (QED) is 0.676. The van der Waals surface area contributed by atoms with E-state index in [2.05, 4.69) is 11.8 Å². The third-order valence-electron chi connectivity index (χ3n) is 3.01. The van der Waals surface area contributed by atoms with Crippen LogP contribution in [0.25, 0.3) is 0 Å². The van der Waals surface area contributed by atoms with Crippen molar-refractivity contribution in [1.82, 2.24) is 4.90 Å². The second-order valence-corrected chi connectivity index (χ2v) is 4.24. The topological polar surface area (TPSA) is 38.8 Å². The Kier molecular flexibility index (Phi) is 3.83. The van der Waals surface area contributed by atoms with Crippen LogP contribution in [-0.4, -0.2) is 43.3 Å². The molecule has 0 aliphatic carbocycles. The summed E-state index contributed by atoms with van der Waals surface area (Å²) in [5.41, 5.74) is 0.740. The van der Waals surface area contributed by atoms with Crippen molar-refractivity contribution in [3.05, 3.63) is 11.8 Å². The van der Waals surface area contributed by atoms with E-state index in [9.17, 15) is 4.79 Å². The molecule has 0 saturated carbocycles. The summed E-state index contributed by atoms with van der Waals surface area (Å²) in [5.74, 6) is -0.164. The van der Waals surface area contributed by atoms with Gasteiger partial charge in [-0.05, 0) is 18.9 Å². The van der Waals surface area contributed by atoms with Gasteiger partial charge in [0, 0.05) is 13.1 Å². The Morgan fingerprint density at radius 1 is 1.44 bits per heavy atom. The van der Waals surface area contributed by atoms with E-state index in [1.54, 1.807) is 0 Å². The number of hydrogen-bond acceptors (Lipinski definition) is 4. The lowest BCUT2D eigenvalue weighted by molar-refractivity contribution is -0.141. The molecule has 0 aromatic heterocycles. The minimum atomic E-state index is -0.164. The monoisotopic (exact) mass is 225 g/mol. The number of carbonyl (C=O) groups is 1. The number of ether oxygens (including phenoxy) is 2. The lowest BCUT2D eigenvalue weighted by Gasteiger charge is -2.27. The molecule has 1 fully saturated rings. The normalized spacial score (nSPS) is 25.6. The van der Waals surface area contributed by atoms with Crippen LogP contribution in [0.5, 0.6) is 0 Å². The number of cyclic esters (lactones) is 1. The van der Waals surface area contributed by atoms with Gasteiger partial charge in [0.25, 0.3) is 0 Å². The van der Waals surface area contributed by atoms with Crippen molar-refractivity contribution < 1.29 is 14.3 Å². The van der Waals surface area contributed by atoms with Gasteiger partial charge in [-0.15, -0.1) is 0 Å². The summed E-state index contributed by atoms with van der Waals surface area (Å²) in [6, 6.07) is 0. The maximum atomic E-state index is 11.7. The molecule has 2 rings (SSSR count). The summed E-state index contributed by atoms with van der Waals surface area (Å²) in [5, 5.41) is 0. The van der Waals surface area contributed by atoms with Crippen molar-refractivity contribution in [2.45, 2.75) is 32.3 Å². The maximum absolute atomic E-state index is 11.7. The van der Waals surface area contributed by atoms with Crippen LogP contribution in [0, 0.1) is 0 Å². The molecule has 2 aliphatic heterocycles. The van der Waals surface area contributed by atoms with Crippen LogP contribution in [0.4, 0.5) is 0 Å². The fraction of sp³-hybridized carbons (Fsp3) is 0.750. The lowest BCUT2D eigenvalue weighted by atomic mass is 10.1. The summed E-state index contributed by atoms with van der Waals surface area (Å²) in [6.07, 6.45) is 5.14. The van der Waals surface area contributed by atoms with E-state index in [1.165, 1.54) is 0 Å². The molecular formula is C12H19NO3. The van der Waals surface area contributed by atoms with Crippen molar-refractivity contribution in [3.8, 4) is 0 Å². The molecule has 4 nitrogen and oxygen atoms in total. The van der Waals surface area contributed by atoms with E-state index in [4.69, 9.17) is 9.47 Å². The van der Waals surface area contributed by atoms with E-state index in [0.717, 1.165) is 38.0 Å². The van der Waals surface area contributed by atoms with Crippen molar-refractivity contribution >= 4 is 5.97 Å². The molecule has 4 heteroatoms. The van der Waals surface area contributed by atoms with E-state index in [0.29, 0.717) is 13.2 Å². The largest absolute Gasteiger partial charge is 0.453 e. The molecule has 0 aromatic rings. The SMILES string of the molecule is CCCCC1C=C(N2CCOCC2)C(=O)O1. The first kappa shape index (κ1) is 11.5. The second kappa shape index (κ2) is 5.34. The molecular weight excluding hydrogens is 206 g/mol. The van der Waals surface area contributed by atoms with Gasteiger partial charge < -0.3 is 14.4 Å². The van der Waals surface area contributed by atoms with Gasteiger partial charge in [-0.2, -0.15) is 0 Å². The molecule has 0 spiro atoms. The summed E-state index contributed by atoms with van der Waals surface area (Å²) < 4.78 is 10.6. The molecule has 90 valence electrons. The zero-order chi connectivity index (χ0) is 11.4. The predicted molar refractivity (Wildman–Crippen MR) is 59.9 cm³/mol. The average molecular weight is 225 g/mol. The third-order valence-corrected chi connectivity index (χ3v) is 3.01. The lowest BCUT2D eigenvalue weighted by Crippen LogP contribution is -2.37. The first-order valence-corrected chi connectivity index (χ1v) is 6.06. The maximum Gasteiger partial charge on any atom is 0.355 e. The number of rotatable bonds is 4. The minimum Gasteiger partial charge on any atom is -0.453 e. The van der Waals surface area contributed by atoms with Gasteiger partial charge in [-0.1, -0.05) is 13.3 Å². The highest BCUT2D eigenvalue weighted by Crippen LogP contribution is 2.21. The molecule has 0 bridgehead atoms. The minimum absolute atomic E-state index is 0.00899. The molecule has 2 heterocycles. The molecule has 0 radical (unpaired) electrons.